The number of carbonyl (C=O) groups is 3. The maximum Gasteiger partial charge on any atom is 0.317 e. The van der Waals surface area contributed by atoms with E-state index in [0.717, 1.165) is 0 Å². The van der Waals surface area contributed by atoms with Gasteiger partial charge in [0, 0.05) is 98.7 Å². The number of aliphatic hydroxyl groups excluding tert-OH is 4. The normalized spacial score (nSPS) is 29.1. The molecular formula is C22H40GdN4O12. The number of hydrogen-bond acceptors (Lipinski definition) is 13. The summed E-state index contributed by atoms with van der Waals surface area (Å²) in [6, 6.07) is 0. The number of aliphatic carboxylic acids is 3. The van der Waals surface area contributed by atoms with Crippen molar-refractivity contribution in [2.24, 2.45) is 0 Å². The van der Waals surface area contributed by atoms with Crippen LogP contribution in [0.3, 0.4) is 0 Å². The molecule has 5 atom stereocenters. The molecule has 0 spiro atoms. The summed E-state index contributed by atoms with van der Waals surface area (Å²) >= 11 is 0. The molecule has 39 heavy (non-hydrogen) atoms. The van der Waals surface area contributed by atoms with Crippen LogP contribution in [0.2, 0.25) is 0 Å². The summed E-state index contributed by atoms with van der Waals surface area (Å²) in [5.74, 6) is -3.11. The molecule has 0 radical (unpaired) electrons. The second kappa shape index (κ2) is 18.7. The van der Waals surface area contributed by atoms with Crippen molar-refractivity contribution in [3.8, 4) is 0 Å². The van der Waals surface area contributed by atoms with Gasteiger partial charge in [0.25, 0.3) is 0 Å². The Hall–Kier alpha value is -0.665. The first-order chi connectivity index (χ1) is 18.0. The summed E-state index contributed by atoms with van der Waals surface area (Å²) in [7, 11) is 0. The number of rotatable bonds is 11. The summed E-state index contributed by atoms with van der Waals surface area (Å²) in [5, 5.41) is 68.9. The maximum absolute atomic E-state index is 11.4. The van der Waals surface area contributed by atoms with E-state index in [1.54, 1.807) is 19.8 Å². The van der Waals surface area contributed by atoms with Crippen LogP contribution in [0.5, 0.6) is 0 Å². The van der Waals surface area contributed by atoms with Crippen LogP contribution in [0.1, 0.15) is 6.42 Å². The van der Waals surface area contributed by atoms with Crippen molar-refractivity contribution >= 4 is 17.9 Å². The van der Waals surface area contributed by atoms with Gasteiger partial charge in [-0.25, -0.2) is 0 Å². The zero-order valence-electron chi connectivity index (χ0n) is 21.6. The summed E-state index contributed by atoms with van der Waals surface area (Å²) in [6.45, 7) is 0.849. The first-order valence-corrected chi connectivity index (χ1v) is 12.5. The zero-order chi connectivity index (χ0) is 28.2. The van der Waals surface area contributed by atoms with Gasteiger partial charge in [0.1, 0.15) is 24.4 Å². The monoisotopic (exact) mass is 710 g/mol. The van der Waals surface area contributed by atoms with Gasteiger partial charge in [-0.15, -0.1) is 0 Å². The Kier molecular flexibility index (Phi) is 17.4. The average molecular weight is 710 g/mol. The van der Waals surface area contributed by atoms with E-state index in [9.17, 15) is 50.1 Å². The number of hydroxylamine groups is 2. The Morgan fingerprint density at radius 1 is 0.667 bits per heavy atom. The molecule has 0 aliphatic carbocycles. The van der Waals surface area contributed by atoms with Gasteiger partial charge in [-0.3, -0.25) is 33.9 Å². The van der Waals surface area contributed by atoms with Crippen molar-refractivity contribution in [2.45, 2.75) is 36.9 Å². The third-order valence-corrected chi connectivity index (χ3v) is 6.54. The van der Waals surface area contributed by atoms with Gasteiger partial charge in [0.15, 0.2) is 0 Å². The molecule has 2 fully saturated rings. The van der Waals surface area contributed by atoms with Gasteiger partial charge in [-0.05, 0) is 0 Å². The van der Waals surface area contributed by atoms with Crippen molar-refractivity contribution in [1.82, 2.24) is 19.8 Å². The molecular weight excluding hydrogens is 670 g/mol. The standard InChI is InChI=1S/C22H40N4O12.Gd/c27-14-16-21(35)22(36)20(34)15(38-16)1-10-37-26-8-6-24(12-18(30)31)4-2-23(11-17(28)29)3-5-25(7-9-26)13-19(32)33;/h15-16,20-22,27,34-36H,1-14H2,(H,28,29)(H,30,31)(H,32,33);/t15-,16+,20-,21-,22+;/m1./s1. The minimum absolute atomic E-state index is 0. The van der Waals surface area contributed by atoms with Gasteiger partial charge < -0.3 is 40.5 Å². The molecule has 0 saturated carbocycles. The number of hydrogen-bond donors (Lipinski definition) is 7. The number of carboxylic acid groups (broad SMARTS) is 3. The Morgan fingerprint density at radius 2 is 1.05 bits per heavy atom. The Morgan fingerprint density at radius 3 is 1.44 bits per heavy atom. The molecule has 16 nitrogen and oxygen atoms in total. The first-order valence-electron chi connectivity index (χ1n) is 12.5. The largest absolute Gasteiger partial charge is 0.480 e. The quantitative estimate of drug-likeness (QED) is 0.108. The van der Waals surface area contributed by atoms with Crippen molar-refractivity contribution in [1.29, 1.82) is 0 Å². The molecule has 228 valence electrons. The summed E-state index contributed by atoms with van der Waals surface area (Å²) in [5.41, 5.74) is 0. The van der Waals surface area contributed by atoms with Gasteiger partial charge in [0.2, 0.25) is 0 Å². The third kappa shape index (κ3) is 13.2. The van der Waals surface area contributed by atoms with E-state index < -0.39 is 55.0 Å². The van der Waals surface area contributed by atoms with E-state index in [0.29, 0.717) is 0 Å². The SMILES string of the molecule is O=C(O)CN1CCN(CC(=O)O)CCN(OCC[C@H]2O[C@@H](CO)[C@@H](O)[C@@H](O)[C@@H]2O)CCN(CC(=O)O)CC1.[Gd]. The fourth-order valence-corrected chi connectivity index (χ4v) is 4.41. The van der Waals surface area contributed by atoms with E-state index in [1.165, 1.54) is 0 Å². The molecule has 0 aromatic heterocycles. The molecule has 0 aromatic rings. The van der Waals surface area contributed by atoms with Crippen LogP contribution >= 0.6 is 0 Å². The van der Waals surface area contributed by atoms with Gasteiger partial charge in [0.05, 0.1) is 39.0 Å². The number of carboxylic acids is 3. The van der Waals surface area contributed by atoms with E-state index >= 15 is 0 Å². The van der Waals surface area contributed by atoms with Crippen LogP contribution < -0.4 is 0 Å². The van der Waals surface area contributed by atoms with Crippen LogP contribution in [0.15, 0.2) is 0 Å². The predicted molar refractivity (Wildman–Crippen MR) is 128 cm³/mol. The molecule has 0 aromatic carbocycles. The molecule has 2 rings (SSSR count). The first kappa shape index (κ1) is 36.4. The number of nitrogens with zero attached hydrogens (tertiary/aromatic N) is 4. The van der Waals surface area contributed by atoms with Crippen molar-refractivity contribution < 1.29 is 99.6 Å². The van der Waals surface area contributed by atoms with Gasteiger partial charge in [-0.1, -0.05) is 0 Å². The van der Waals surface area contributed by atoms with Crippen LogP contribution in [-0.4, -0.2) is 189 Å². The molecule has 7 N–H and O–H groups in total. The summed E-state index contributed by atoms with van der Waals surface area (Å²) < 4.78 is 5.49. The fourth-order valence-electron chi connectivity index (χ4n) is 4.41. The second-order valence-electron chi connectivity index (χ2n) is 9.43. The maximum atomic E-state index is 11.4. The second-order valence-corrected chi connectivity index (χ2v) is 9.43. The molecule has 0 amide bonds. The third-order valence-electron chi connectivity index (χ3n) is 6.54. The summed E-state index contributed by atoms with van der Waals surface area (Å²) in [6.07, 6.45) is -6.19. The van der Waals surface area contributed by atoms with Crippen molar-refractivity contribution in [3.63, 3.8) is 0 Å². The van der Waals surface area contributed by atoms with E-state index in [4.69, 9.17) is 9.57 Å². The molecule has 17 heteroatoms. The van der Waals surface area contributed by atoms with E-state index in [-0.39, 0.29) is 125 Å². The van der Waals surface area contributed by atoms with E-state index in [2.05, 4.69) is 0 Å². The van der Waals surface area contributed by atoms with Crippen molar-refractivity contribution in [3.05, 3.63) is 0 Å². The van der Waals surface area contributed by atoms with Gasteiger partial charge in [-0.2, -0.15) is 5.06 Å². The Labute approximate surface area is 258 Å². The fraction of sp³-hybridized carbons (Fsp3) is 0.864. The molecule has 2 aliphatic heterocycles. The molecule has 2 saturated heterocycles. The smallest absolute Gasteiger partial charge is 0.317 e. The molecule has 2 heterocycles. The van der Waals surface area contributed by atoms with Crippen LogP contribution in [-0.2, 0) is 24.0 Å². The predicted octanol–water partition coefficient (Wildman–Crippen LogP) is -4.37. The average Bonchev–Trinajstić information content (AvgIpc) is 2.84. The Bertz CT molecular complexity index is 735. The summed E-state index contributed by atoms with van der Waals surface area (Å²) in [4.78, 5) is 44.8. The minimum Gasteiger partial charge on any atom is -0.480 e. The topological polar surface area (TPSA) is 224 Å². The number of aliphatic hydroxyl groups is 4. The molecule has 2 aliphatic rings. The number of ether oxygens (including phenoxy) is 1. The Balaban J connectivity index is 0.00000760. The molecule has 0 unspecified atom stereocenters. The minimum atomic E-state index is -1.50. The molecule has 0 bridgehead atoms. The van der Waals surface area contributed by atoms with Crippen LogP contribution in [0.25, 0.3) is 0 Å². The van der Waals surface area contributed by atoms with Gasteiger partial charge >= 0.3 is 17.9 Å². The van der Waals surface area contributed by atoms with Crippen LogP contribution in [0.4, 0.5) is 0 Å². The van der Waals surface area contributed by atoms with Crippen LogP contribution in [0, 0.1) is 39.9 Å². The zero-order valence-corrected chi connectivity index (χ0v) is 23.9. The van der Waals surface area contributed by atoms with Crippen molar-refractivity contribution in [2.75, 3.05) is 85.2 Å². The van der Waals surface area contributed by atoms with E-state index in [1.807, 2.05) is 0 Å².